The van der Waals surface area contributed by atoms with E-state index in [-0.39, 0.29) is 55.8 Å². The van der Waals surface area contributed by atoms with E-state index in [1.54, 1.807) is 0 Å². The number of hydrogen-bond donors (Lipinski definition) is 1. The van der Waals surface area contributed by atoms with E-state index >= 15 is 0 Å². The van der Waals surface area contributed by atoms with Crippen molar-refractivity contribution in [2.75, 3.05) is 0 Å². The fourth-order valence-corrected chi connectivity index (χ4v) is 0.843. The molecule has 0 fully saturated rings. The van der Waals surface area contributed by atoms with Crippen LogP contribution in [0.1, 0.15) is 5.56 Å². The molecule has 0 heterocycles. The van der Waals surface area contributed by atoms with Gasteiger partial charge in [0.15, 0.2) is 0 Å². The van der Waals surface area contributed by atoms with Crippen molar-refractivity contribution < 1.29 is 4.74 Å². The molecular weight excluding hydrogens is 215 g/mol. The topological polar surface area (TPSA) is 9.23 Å². The first-order chi connectivity index (χ1) is 5.29. The molecule has 1 aromatic rings. The van der Waals surface area contributed by atoms with Crippen LogP contribution >= 0.6 is 24.8 Å². The van der Waals surface area contributed by atoms with Crippen LogP contribution in [-0.4, -0.2) is 55.8 Å². The first-order valence-corrected chi connectivity index (χ1v) is 4.04. The first kappa shape index (κ1) is 13.1. The predicted molar refractivity (Wildman–Crippen MR) is 60.0 cm³/mol. The normalized spacial score (nSPS) is 8.42. The van der Waals surface area contributed by atoms with Gasteiger partial charge in [-0.1, -0.05) is 43.0 Å². The molecule has 0 unspecified atom stereocenters. The van der Waals surface area contributed by atoms with Gasteiger partial charge in [-0.25, -0.2) is 0 Å². The number of rotatable bonds is 2. The molecule has 1 nitrogen and oxygen atoms in total. The summed E-state index contributed by atoms with van der Waals surface area (Å²) in [6, 6.07) is 9.83. The summed E-state index contributed by atoms with van der Waals surface area (Å²) >= 11 is 8.47. The van der Waals surface area contributed by atoms with Gasteiger partial charge in [0.25, 0.3) is 0 Å². The molecule has 1 rings (SSSR count). The third-order valence-corrected chi connectivity index (χ3v) is 1.45. The van der Waals surface area contributed by atoms with Crippen molar-refractivity contribution in [1.29, 1.82) is 0 Å². The molecule has 4 heteroatoms. The van der Waals surface area contributed by atoms with Gasteiger partial charge in [0.05, 0.1) is 0 Å². The Labute approximate surface area is 126 Å². The number of benzene rings is 1. The summed E-state index contributed by atoms with van der Waals surface area (Å²) in [4.78, 5) is 0. The van der Waals surface area contributed by atoms with Gasteiger partial charge in [0.2, 0.25) is 4.38 Å². The first-order valence-electron chi connectivity index (χ1n) is 3.18. The van der Waals surface area contributed by atoms with Gasteiger partial charge < -0.3 is 4.74 Å². The zero-order valence-electron chi connectivity index (χ0n) is 5.86. The van der Waals surface area contributed by atoms with Crippen molar-refractivity contribution >= 4 is 80.6 Å². The second kappa shape index (κ2) is 7.50. The number of thiocarbonyl (C=S) groups is 1. The van der Waals surface area contributed by atoms with Crippen LogP contribution in [0.15, 0.2) is 30.3 Å². The van der Waals surface area contributed by atoms with Gasteiger partial charge in [-0.15, -0.1) is 0 Å². The van der Waals surface area contributed by atoms with Gasteiger partial charge in [-0.2, -0.15) is 0 Å². The fourth-order valence-electron chi connectivity index (χ4n) is 0.719. The minimum absolute atomic E-state index is 0. The summed E-state index contributed by atoms with van der Waals surface area (Å²) in [5.41, 5.74) is 1.10. The van der Waals surface area contributed by atoms with E-state index in [1.807, 2.05) is 30.3 Å². The standard InChI is InChI=1S/C8H8OS2.K.H/c10-8(11)9-6-7-4-2-1-3-5-7;;/h1-5H,6H2,(H,10,11);;. The summed E-state index contributed by atoms with van der Waals surface area (Å²) < 4.78 is 5.31. The monoisotopic (exact) mass is 224 g/mol. The van der Waals surface area contributed by atoms with Crippen LogP contribution < -0.4 is 0 Å². The Hall–Kier alpha value is 1.10. The van der Waals surface area contributed by atoms with Crippen LogP contribution in [0.25, 0.3) is 0 Å². The molecule has 0 bridgehead atoms. The molecule has 0 aliphatic heterocycles. The fraction of sp³-hybridized carbons (Fsp3) is 0.125. The maximum atomic E-state index is 5.02. The van der Waals surface area contributed by atoms with E-state index < -0.39 is 0 Å². The molecule has 0 aromatic heterocycles. The second-order valence-corrected chi connectivity index (χ2v) is 3.12. The van der Waals surface area contributed by atoms with E-state index in [0.717, 1.165) is 5.56 Å². The molecule has 0 atom stereocenters. The third kappa shape index (κ3) is 5.69. The van der Waals surface area contributed by atoms with Crippen LogP contribution in [0.2, 0.25) is 0 Å². The number of thiol groups is 1. The summed E-state index contributed by atoms with van der Waals surface area (Å²) in [5, 5.41) is 0. The van der Waals surface area contributed by atoms with E-state index in [2.05, 4.69) is 24.8 Å². The average Bonchev–Trinajstić information content (AvgIpc) is 2.03. The molecule has 0 amide bonds. The summed E-state index contributed by atoms with van der Waals surface area (Å²) in [7, 11) is 0. The molecule has 12 heavy (non-hydrogen) atoms. The van der Waals surface area contributed by atoms with Gasteiger partial charge in [0.1, 0.15) is 6.61 Å². The van der Waals surface area contributed by atoms with Crippen molar-refractivity contribution in [3.63, 3.8) is 0 Å². The maximum absolute atomic E-state index is 5.02. The number of ether oxygens (including phenoxy) is 1. The molecule has 0 N–H and O–H groups in total. The quantitative estimate of drug-likeness (QED) is 0.466. The zero-order chi connectivity index (χ0) is 8.10. The Morgan fingerprint density at radius 2 is 1.92 bits per heavy atom. The molecule has 1 aromatic carbocycles. The van der Waals surface area contributed by atoms with E-state index in [9.17, 15) is 0 Å². The van der Waals surface area contributed by atoms with Crippen molar-refractivity contribution in [2.24, 2.45) is 0 Å². The molecule has 0 radical (unpaired) electrons. The van der Waals surface area contributed by atoms with Crippen LogP contribution in [0.4, 0.5) is 0 Å². The van der Waals surface area contributed by atoms with E-state index in [1.165, 1.54) is 0 Å². The Bertz CT molecular complexity index is 238. The van der Waals surface area contributed by atoms with E-state index in [4.69, 9.17) is 4.74 Å². The Morgan fingerprint density at radius 3 is 2.42 bits per heavy atom. The Morgan fingerprint density at radius 1 is 1.33 bits per heavy atom. The molecule has 60 valence electrons. The van der Waals surface area contributed by atoms with Crippen LogP contribution in [0, 0.1) is 0 Å². The molecule has 0 aliphatic carbocycles. The summed E-state index contributed by atoms with van der Waals surface area (Å²) in [6.45, 7) is 0.503. The predicted octanol–water partition coefficient (Wildman–Crippen LogP) is 1.77. The van der Waals surface area contributed by atoms with E-state index in [0.29, 0.717) is 6.61 Å². The second-order valence-electron chi connectivity index (χ2n) is 2.04. The van der Waals surface area contributed by atoms with Crippen molar-refractivity contribution in [2.45, 2.75) is 6.61 Å². The SMILES string of the molecule is S=C(S)OCc1ccccc1.[KH]. The molecular formula is C8H9KOS2. The molecule has 0 saturated heterocycles. The van der Waals surface area contributed by atoms with Gasteiger partial charge in [-0.3, -0.25) is 0 Å². The molecule has 0 saturated carbocycles. The van der Waals surface area contributed by atoms with Crippen molar-refractivity contribution in [3.8, 4) is 0 Å². The average molecular weight is 224 g/mol. The van der Waals surface area contributed by atoms with Crippen molar-refractivity contribution in [3.05, 3.63) is 35.9 Å². The Balaban J connectivity index is 0.00000121. The number of hydrogen-bond acceptors (Lipinski definition) is 2. The summed E-state index contributed by atoms with van der Waals surface area (Å²) in [6.07, 6.45) is 0. The van der Waals surface area contributed by atoms with Crippen LogP contribution in [0.3, 0.4) is 0 Å². The molecule has 0 spiro atoms. The molecule has 0 aliphatic rings. The summed E-state index contributed by atoms with van der Waals surface area (Å²) in [5.74, 6) is 0. The van der Waals surface area contributed by atoms with Gasteiger partial charge >= 0.3 is 51.4 Å². The van der Waals surface area contributed by atoms with Gasteiger partial charge in [0, 0.05) is 0 Å². The van der Waals surface area contributed by atoms with Crippen LogP contribution in [-0.2, 0) is 11.3 Å². The van der Waals surface area contributed by atoms with Gasteiger partial charge in [-0.05, 0) is 17.8 Å². The third-order valence-electron chi connectivity index (χ3n) is 1.21. The Kier molecular flexibility index (Phi) is 8.18. The van der Waals surface area contributed by atoms with Crippen LogP contribution in [0.5, 0.6) is 0 Å². The van der Waals surface area contributed by atoms with Crippen molar-refractivity contribution in [1.82, 2.24) is 0 Å². The zero-order valence-corrected chi connectivity index (χ0v) is 7.57. The minimum atomic E-state index is 0.